The van der Waals surface area contributed by atoms with E-state index in [-0.39, 0.29) is 6.04 Å². The van der Waals surface area contributed by atoms with Gasteiger partial charge in [-0.1, -0.05) is 11.6 Å². The van der Waals surface area contributed by atoms with Crippen molar-refractivity contribution >= 4 is 22.6 Å². The first-order valence-corrected chi connectivity index (χ1v) is 4.99. The van der Waals surface area contributed by atoms with E-state index < -0.39 is 0 Å². The van der Waals surface area contributed by atoms with E-state index in [0.29, 0.717) is 16.3 Å². The van der Waals surface area contributed by atoms with Crippen molar-refractivity contribution in [2.75, 3.05) is 7.11 Å². The third-order valence-corrected chi connectivity index (χ3v) is 2.59. The minimum atomic E-state index is -0.139. The Labute approximate surface area is 92.4 Å². The second-order valence-corrected chi connectivity index (χ2v) is 3.77. The highest BCUT2D eigenvalue weighted by atomic mass is 35.5. The zero-order valence-corrected chi connectivity index (χ0v) is 9.30. The van der Waals surface area contributed by atoms with Crippen LogP contribution in [0.2, 0.25) is 5.02 Å². The van der Waals surface area contributed by atoms with E-state index in [1.54, 1.807) is 13.2 Å². The molecule has 0 bridgehead atoms. The fourth-order valence-electron chi connectivity index (χ4n) is 1.42. The summed E-state index contributed by atoms with van der Waals surface area (Å²) in [6.07, 6.45) is 0. The molecule has 15 heavy (non-hydrogen) atoms. The standard InChI is InChI=1S/C10H12ClN3O/c1-5(12)10-13-6-3-4-7(15-2)8(11)9(6)14-10/h3-5H,12H2,1-2H3,(H,13,14)/t5-/m0/s1. The van der Waals surface area contributed by atoms with Crippen LogP contribution in [0.3, 0.4) is 0 Å². The minimum Gasteiger partial charge on any atom is -0.495 e. The van der Waals surface area contributed by atoms with Gasteiger partial charge in [-0.2, -0.15) is 0 Å². The molecule has 0 unspecified atom stereocenters. The number of H-pyrrole nitrogens is 1. The van der Waals surface area contributed by atoms with Crippen molar-refractivity contribution in [3.63, 3.8) is 0 Å². The van der Waals surface area contributed by atoms with Crippen LogP contribution in [0, 0.1) is 0 Å². The normalized spacial score (nSPS) is 13.1. The lowest BCUT2D eigenvalue weighted by Crippen LogP contribution is -2.06. The van der Waals surface area contributed by atoms with Gasteiger partial charge in [-0.3, -0.25) is 0 Å². The predicted octanol–water partition coefficient (Wildman–Crippen LogP) is 2.24. The molecule has 0 amide bonds. The van der Waals surface area contributed by atoms with Crippen LogP contribution in [0.4, 0.5) is 0 Å². The number of ether oxygens (including phenoxy) is 1. The fraction of sp³-hybridized carbons (Fsp3) is 0.300. The average Bonchev–Trinajstić information content (AvgIpc) is 2.63. The highest BCUT2D eigenvalue weighted by Crippen LogP contribution is 2.31. The fourth-order valence-corrected chi connectivity index (χ4v) is 1.70. The number of nitrogens with one attached hydrogen (secondary N) is 1. The SMILES string of the molecule is COc1ccc2[nH]c([C@H](C)N)nc2c1Cl. The summed E-state index contributed by atoms with van der Waals surface area (Å²) < 4.78 is 5.11. The number of imidazole rings is 1. The number of halogens is 1. The van der Waals surface area contributed by atoms with Crippen LogP contribution < -0.4 is 10.5 Å². The van der Waals surface area contributed by atoms with Gasteiger partial charge in [0, 0.05) is 0 Å². The first-order valence-electron chi connectivity index (χ1n) is 4.61. The number of hydrogen-bond acceptors (Lipinski definition) is 3. The predicted molar refractivity (Wildman–Crippen MR) is 60.3 cm³/mol. The topological polar surface area (TPSA) is 63.9 Å². The molecule has 1 heterocycles. The van der Waals surface area contributed by atoms with Gasteiger partial charge in [0.15, 0.2) is 0 Å². The third kappa shape index (κ3) is 1.66. The number of methoxy groups -OCH3 is 1. The summed E-state index contributed by atoms with van der Waals surface area (Å²) in [6.45, 7) is 1.86. The summed E-state index contributed by atoms with van der Waals surface area (Å²) in [5.41, 5.74) is 7.30. The Balaban J connectivity index is 2.66. The Hall–Kier alpha value is -1.26. The number of nitrogens with two attached hydrogens (primary N) is 1. The van der Waals surface area contributed by atoms with Gasteiger partial charge in [-0.05, 0) is 19.1 Å². The molecule has 0 fully saturated rings. The Morgan fingerprint density at radius 1 is 1.53 bits per heavy atom. The van der Waals surface area contributed by atoms with Crippen molar-refractivity contribution in [2.45, 2.75) is 13.0 Å². The van der Waals surface area contributed by atoms with Gasteiger partial charge in [-0.25, -0.2) is 4.98 Å². The van der Waals surface area contributed by atoms with Gasteiger partial charge >= 0.3 is 0 Å². The molecule has 0 aliphatic carbocycles. The molecule has 1 aromatic heterocycles. The molecular weight excluding hydrogens is 214 g/mol. The molecule has 0 aliphatic rings. The number of fused-ring (bicyclic) bond motifs is 1. The number of benzene rings is 1. The van der Waals surface area contributed by atoms with Crippen LogP contribution in [0.5, 0.6) is 5.75 Å². The summed E-state index contributed by atoms with van der Waals surface area (Å²) in [6, 6.07) is 3.53. The lowest BCUT2D eigenvalue weighted by molar-refractivity contribution is 0.415. The molecule has 0 aliphatic heterocycles. The van der Waals surface area contributed by atoms with Crippen LogP contribution in [0.15, 0.2) is 12.1 Å². The van der Waals surface area contributed by atoms with E-state index in [2.05, 4.69) is 9.97 Å². The van der Waals surface area contributed by atoms with Gasteiger partial charge in [0.1, 0.15) is 22.1 Å². The van der Waals surface area contributed by atoms with Crippen molar-refractivity contribution in [2.24, 2.45) is 5.73 Å². The maximum absolute atomic E-state index is 6.11. The van der Waals surface area contributed by atoms with Gasteiger partial charge in [-0.15, -0.1) is 0 Å². The quantitative estimate of drug-likeness (QED) is 0.824. The molecule has 0 spiro atoms. The average molecular weight is 226 g/mol. The molecule has 0 saturated carbocycles. The molecule has 1 atom stereocenters. The van der Waals surface area contributed by atoms with Crippen molar-refractivity contribution < 1.29 is 4.74 Å². The maximum Gasteiger partial charge on any atom is 0.139 e. The summed E-state index contributed by atoms with van der Waals surface area (Å²) in [4.78, 5) is 7.44. The maximum atomic E-state index is 6.11. The monoisotopic (exact) mass is 225 g/mol. The van der Waals surface area contributed by atoms with Gasteiger partial charge < -0.3 is 15.5 Å². The van der Waals surface area contributed by atoms with E-state index in [1.165, 1.54) is 0 Å². The van der Waals surface area contributed by atoms with Crippen LogP contribution >= 0.6 is 11.6 Å². The molecule has 5 heteroatoms. The van der Waals surface area contributed by atoms with Crippen molar-refractivity contribution in [3.05, 3.63) is 23.0 Å². The zero-order chi connectivity index (χ0) is 11.0. The van der Waals surface area contributed by atoms with Gasteiger partial charge in [0.2, 0.25) is 0 Å². The van der Waals surface area contributed by atoms with E-state index in [4.69, 9.17) is 22.1 Å². The van der Waals surface area contributed by atoms with Gasteiger partial charge in [0.25, 0.3) is 0 Å². The summed E-state index contributed by atoms with van der Waals surface area (Å²) in [5.74, 6) is 1.34. The molecule has 0 radical (unpaired) electrons. The Kier molecular flexibility index (Phi) is 2.54. The minimum absolute atomic E-state index is 0.139. The van der Waals surface area contributed by atoms with E-state index in [9.17, 15) is 0 Å². The second kappa shape index (κ2) is 3.72. The zero-order valence-electron chi connectivity index (χ0n) is 8.54. The first kappa shape index (κ1) is 10.3. The molecular formula is C10H12ClN3O. The van der Waals surface area contributed by atoms with Crippen molar-refractivity contribution in [1.82, 2.24) is 9.97 Å². The van der Waals surface area contributed by atoms with Crippen LogP contribution in [-0.4, -0.2) is 17.1 Å². The molecule has 0 saturated heterocycles. The molecule has 3 N–H and O–H groups in total. The largest absolute Gasteiger partial charge is 0.495 e. The van der Waals surface area contributed by atoms with Crippen LogP contribution in [0.1, 0.15) is 18.8 Å². The van der Waals surface area contributed by atoms with Crippen LogP contribution in [0.25, 0.3) is 11.0 Å². The molecule has 80 valence electrons. The third-order valence-electron chi connectivity index (χ3n) is 2.23. The molecule has 2 aromatic rings. The molecule has 1 aromatic carbocycles. The lowest BCUT2D eigenvalue weighted by atomic mass is 10.3. The van der Waals surface area contributed by atoms with Crippen LogP contribution in [-0.2, 0) is 0 Å². The first-order chi connectivity index (χ1) is 7.13. The lowest BCUT2D eigenvalue weighted by Gasteiger charge is -2.01. The number of nitrogens with zero attached hydrogens (tertiary/aromatic N) is 1. The number of aromatic nitrogens is 2. The number of aromatic amines is 1. The summed E-state index contributed by atoms with van der Waals surface area (Å²) in [7, 11) is 1.58. The Morgan fingerprint density at radius 3 is 2.87 bits per heavy atom. The molecule has 4 nitrogen and oxygen atoms in total. The summed E-state index contributed by atoms with van der Waals surface area (Å²) in [5, 5.41) is 0.512. The van der Waals surface area contributed by atoms with E-state index in [1.807, 2.05) is 13.0 Å². The van der Waals surface area contributed by atoms with E-state index >= 15 is 0 Å². The van der Waals surface area contributed by atoms with E-state index in [0.717, 1.165) is 11.3 Å². The Bertz CT molecular complexity index is 493. The Morgan fingerprint density at radius 2 is 2.27 bits per heavy atom. The number of rotatable bonds is 2. The van der Waals surface area contributed by atoms with Crippen molar-refractivity contribution in [1.29, 1.82) is 0 Å². The smallest absolute Gasteiger partial charge is 0.139 e. The summed E-state index contributed by atoms with van der Waals surface area (Å²) >= 11 is 6.11. The highest BCUT2D eigenvalue weighted by Gasteiger charge is 2.12. The second-order valence-electron chi connectivity index (χ2n) is 3.39. The molecule has 2 rings (SSSR count). The highest BCUT2D eigenvalue weighted by molar-refractivity contribution is 6.36. The number of hydrogen-bond donors (Lipinski definition) is 2. The van der Waals surface area contributed by atoms with Gasteiger partial charge in [0.05, 0.1) is 18.7 Å². The van der Waals surface area contributed by atoms with Crippen molar-refractivity contribution in [3.8, 4) is 5.75 Å².